The molecular weight excluding hydrogens is 392 g/mol. The third-order valence-electron chi connectivity index (χ3n) is 5.24. The lowest BCUT2D eigenvalue weighted by Crippen LogP contribution is -2.23. The van der Waals surface area contributed by atoms with Crippen LogP contribution in [0.25, 0.3) is 16.7 Å². The van der Waals surface area contributed by atoms with E-state index in [0.29, 0.717) is 23.3 Å². The van der Waals surface area contributed by atoms with Crippen LogP contribution in [-0.2, 0) is 12.8 Å². The number of fused-ring (bicyclic) bond motifs is 1. The Hall–Kier alpha value is -3.87. The fraction of sp³-hybridized carbons (Fsp3) is 0.208. The Morgan fingerprint density at radius 3 is 2.52 bits per heavy atom. The molecule has 0 bridgehead atoms. The summed E-state index contributed by atoms with van der Waals surface area (Å²) >= 11 is 0. The van der Waals surface area contributed by atoms with Crippen LogP contribution in [0.5, 0.6) is 0 Å². The van der Waals surface area contributed by atoms with Gasteiger partial charge in [-0.1, -0.05) is 18.6 Å². The Bertz CT molecular complexity index is 1270. The summed E-state index contributed by atoms with van der Waals surface area (Å²) in [5, 5.41) is 12.0. The molecule has 156 valence electrons. The molecule has 1 aromatic carbocycles. The highest BCUT2D eigenvalue weighted by Crippen LogP contribution is 2.20. The van der Waals surface area contributed by atoms with Gasteiger partial charge >= 0.3 is 0 Å². The van der Waals surface area contributed by atoms with E-state index in [2.05, 4.69) is 9.97 Å². The zero-order chi connectivity index (χ0) is 21.6. The summed E-state index contributed by atoms with van der Waals surface area (Å²) in [7, 11) is 0. The van der Waals surface area contributed by atoms with Crippen molar-refractivity contribution in [3.8, 4) is 5.69 Å². The Morgan fingerprint density at radius 2 is 1.71 bits per heavy atom. The van der Waals surface area contributed by atoms with Crippen molar-refractivity contribution < 1.29 is 4.92 Å². The molecule has 3 heterocycles. The van der Waals surface area contributed by atoms with E-state index in [1.54, 1.807) is 24.5 Å². The molecule has 31 heavy (non-hydrogen) atoms. The fourth-order valence-corrected chi connectivity index (χ4v) is 3.71. The number of aryl methyl sites for hydroxylation is 2. The number of unbranched alkanes of at least 4 members (excludes halogenated alkanes) is 2. The van der Waals surface area contributed by atoms with E-state index < -0.39 is 4.92 Å². The van der Waals surface area contributed by atoms with Crippen LogP contribution in [0.3, 0.4) is 0 Å². The first-order chi connectivity index (χ1) is 15.1. The molecule has 7 nitrogen and oxygen atoms in total. The number of nitro groups is 1. The van der Waals surface area contributed by atoms with Crippen molar-refractivity contribution in [3.63, 3.8) is 0 Å². The molecule has 0 radical (unpaired) electrons. The van der Waals surface area contributed by atoms with Gasteiger partial charge in [0.2, 0.25) is 0 Å². The second-order valence-electron chi connectivity index (χ2n) is 7.39. The van der Waals surface area contributed by atoms with E-state index in [1.165, 1.54) is 16.7 Å². The minimum Gasteiger partial charge on any atom is -0.269 e. The Kier molecular flexibility index (Phi) is 6.12. The number of hydrogen-bond acceptors (Lipinski definition) is 5. The van der Waals surface area contributed by atoms with Gasteiger partial charge in [0.25, 0.3) is 11.2 Å². The van der Waals surface area contributed by atoms with Crippen LogP contribution in [0, 0.1) is 10.1 Å². The van der Waals surface area contributed by atoms with Gasteiger partial charge in [-0.2, -0.15) is 0 Å². The Labute approximate surface area is 179 Å². The predicted molar refractivity (Wildman–Crippen MR) is 119 cm³/mol. The summed E-state index contributed by atoms with van der Waals surface area (Å²) in [6, 6.07) is 17.6. The van der Waals surface area contributed by atoms with Gasteiger partial charge < -0.3 is 0 Å². The number of rotatable bonds is 8. The standard InChI is InChI=1S/C24H22N4O3/c29-24-19(8-2-1-3-10-20-11-4-5-14-25-20)16-18-9-7-15-26-23(18)27(24)21-12-6-13-22(17-21)28(30)31/h4-7,9,11-17H,1-3,8,10H2. The van der Waals surface area contributed by atoms with Crippen molar-refractivity contribution in [1.82, 2.24) is 14.5 Å². The first-order valence-corrected chi connectivity index (χ1v) is 10.3. The van der Waals surface area contributed by atoms with Gasteiger partial charge in [0.15, 0.2) is 0 Å². The lowest BCUT2D eigenvalue weighted by molar-refractivity contribution is -0.384. The monoisotopic (exact) mass is 414 g/mol. The summed E-state index contributed by atoms with van der Waals surface area (Å²) in [4.78, 5) is 32.7. The maximum absolute atomic E-state index is 13.3. The van der Waals surface area contributed by atoms with Crippen molar-refractivity contribution in [3.05, 3.63) is 105 Å². The summed E-state index contributed by atoms with van der Waals surface area (Å²) in [6.45, 7) is 0. The second-order valence-corrected chi connectivity index (χ2v) is 7.39. The van der Waals surface area contributed by atoms with E-state index in [-0.39, 0.29) is 11.2 Å². The molecule has 0 N–H and O–H groups in total. The van der Waals surface area contributed by atoms with Crippen LogP contribution in [0.15, 0.2) is 77.9 Å². The Balaban J connectivity index is 1.58. The zero-order valence-electron chi connectivity index (χ0n) is 17.0. The highest BCUT2D eigenvalue weighted by atomic mass is 16.6. The number of nitrogens with zero attached hydrogens (tertiary/aromatic N) is 4. The van der Waals surface area contributed by atoms with Gasteiger partial charge in [0.1, 0.15) is 5.65 Å². The van der Waals surface area contributed by atoms with Crippen molar-refractivity contribution in [2.24, 2.45) is 0 Å². The molecule has 4 rings (SSSR count). The number of benzene rings is 1. The molecule has 0 aliphatic rings. The second kappa shape index (κ2) is 9.30. The van der Waals surface area contributed by atoms with Crippen molar-refractivity contribution in [2.75, 3.05) is 0 Å². The number of nitro benzene ring substituents is 1. The van der Waals surface area contributed by atoms with Crippen molar-refractivity contribution >= 4 is 16.7 Å². The molecular formula is C24H22N4O3. The summed E-state index contributed by atoms with van der Waals surface area (Å²) in [5.74, 6) is 0. The topological polar surface area (TPSA) is 90.9 Å². The van der Waals surface area contributed by atoms with E-state index in [9.17, 15) is 14.9 Å². The molecule has 0 amide bonds. The fourth-order valence-electron chi connectivity index (χ4n) is 3.71. The minimum absolute atomic E-state index is 0.0617. The van der Waals surface area contributed by atoms with Gasteiger partial charge in [0, 0.05) is 41.2 Å². The third-order valence-corrected chi connectivity index (χ3v) is 5.24. The molecule has 3 aromatic heterocycles. The zero-order valence-corrected chi connectivity index (χ0v) is 17.0. The maximum atomic E-state index is 13.3. The average Bonchev–Trinajstić information content (AvgIpc) is 2.80. The summed E-state index contributed by atoms with van der Waals surface area (Å²) in [5.41, 5.74) is 2.45. The normalized spacial score (nSPS) is 11.0. The van der Waals surface area contributed by atoms with Gasteiger partial charge in [-0.3, -0.25) is 24.5 Å². The number of pyridine rings is 3. The molecule has 0 aliphatic carbocycles. The molecule has 0 spiro atoms. The predicted octanol–water partition coefficient (Wildman–Crippen LogP) is 4.64. The van der Waals surface area contributed by atoms with Crippen molar-refractivity contribution in [1.29, 1.82) is 0 Å². The highest BCUT2D eigenvalue weighted by molar-refractivity contribution is 5.77. The molecule has 0 saturated carbocycles. The van der Waals surface area contributed by atoms with Gasteiger partial charge in [-0.05, 0) is 62.1 Å². The quantitative estimate of drug-likeness (QED) is 0.238. The molecule has 4 aromatic rings. The van der Waals surface area contributed by atoms with Gasteiger partial charge in [0.05, 0.1) is 10.6 Å². The van der Waals surface area contributed by atoms with E-state index in [1.807, 2.05) is 36.4 Å². The van der Waals surface area contributed by atoms with Gasteiger partial charge in [-0.25, -0.2) is 4.98 Å². The van der Waals surface area contributed by atoms with Crippen LogP contribution in [0.4, 0.5) is 5.69 Å². The Morgan fingerprint density at radius 1 is 0.871 bits per heavy atom. The minimum atomic E-state index is -0.463. The smallest absolute Gasteiger partial charge is 0.269 e. The number of non-ortho nitro benzene ring substituents is 1. The molecule has 0 fully saturated rings. The first kappa shape index (κ1) is 20.4. The van der Waals surface area contributed by atoms with E-state index in [4.69, 9.17) is 0 Å². The van der Waals surface area contributed by atoms with Crippen LogP contribution in [0.1, 0.15) is 30.5 Å². The lowest BCUT2D eigenvalue weighted by atomic mass is 10.0. The molecule has 0 aliphatic heterocycles. The SMILES string of the molecule is O=c1c(CCCCCc2ccccn2)cc2cccnc2n1-c1cccc([N+](=O)[O-])c1. The largest absolute Gasteiger partial charge is 0.271 e. The first-order valence-electron chi connectivity index (χ1n) is 10.3. The molecule has 0 unspecified atom stereocenters. The average molecular weight is 414 g/mol. The van der Waals surface area contributed by atoms with Crippen LogP contribution in [-0.4, -0.2) is 19.5 Å². The number of hydrogen-bond donors (Lipinski definition) is 0. The van der Waals surface area contributed by atoms with Crippen LogP contribution in [0.2, 0.25) is 0 Å². The molecule has 0 atom stereocenters. The highest BCUT2D eigenvalue weighted by Gasteiger charge is 2.14. The third kappa shape index (κ3) is 4.66. The lowest BCUT2D eigenvalue weighted by Gasteiger charge is -2.12. The maximum Gasteiger partial charge on any atom is 0.271 e. The van der Waals surface area contributed by atoms with E-state index >= 15 is 0 Å². The molecule has 0 saturated heterocycles. The molecule has 7 heteroatoms. The van der Waals surface area contributed by atoms with Crippen LogP contribution >= 0.6 is 0 Å². The summed E-state index contributed by atoms with van der Waals surface area (Å²) < 4.78 is 1.48. The summed E-state index contributed by atoms with van der Waals surface area (Å²) in [6.07, 6.45) is 7.84. The number of aromatic nitrogens is 3. The van der Waals surface area contributed by atoms with Crippen molar-refractivity contribution in [2.45, 2.75) is 32.1 Å². The van der Waals surface area contributed by atoms with E-state index in [0.717, 1.165) is 36.8 Å². The van der Waals surface area contributed by atoms with Gasteiger partial charge in [-0.15, -0.1) is 0 Å². The van der Waals surface area contributed by atoms with Crippen LogP contribution < -0.4 is 5.56 Å².